The third-order valence-electron chi connectivity index (χ3n) is 3.76. The van der Waals surface area contributed by atoms with Crippen molar-refractivity contribution in [1.82, 2.24) is 10.5 Å². The summed E-state index contributed by atoms with van der Waals surface area (Å²) in [6.45, 7) is 8.68. The number of guanidine groups is 1. The molecule has 2 aromatic rings. The number of halogens is 1. The maximum absolute atomic E-state index is 5.74. The summed E-state index contributed by atoms with van der Waals surface area (Å²) in [6, 6.07) is 9.75. The monoisotopic (exact) mass is 502 g/mol. The first kappa shape index (κ1) is 24.2. The van der Waals surface area contributed by atoms with Gasteiger partial charge in [0.15, 0.2) is 11.7 Å². The summed E-state index contributed by atoms with van der Waals surface area (Å²) >= 11 is 0. The molecule has 0 unspecified atom stereocenters. The van der Waals surface area contributed by atoms with E-state index in [1.807, 2.05) is 37.3 Å². The number of anilines is 1. The molecule has 1 aromatic heterocycles. The first-order valence-corrected chi connectivity index (χ1v) is 9.35. The zero-order valence-corrected chi connectivity index (χ0v) is 19.4. The molecule has 8 heteroatoms. The molecule has 1 aromatic carbocycles. The number of benzene rings is 1. The maximum Gasteiger partial charge on any atom is 0.196 e. The van der Waals surface area contributed by atoms with Gasteiger partial charge in [-0.3, -0.25) is 0 Å². The summed E-state index contributed by atoms with van der Waals surface area (Å²) < 4.78 is 16.1. The lowest BCUT2D eigenvalue weighted by Gasteiger charge is -2.12. The molecule has 156 valence electrons. The second-order valence-corrected chi connectivity index (χ2v) is 6.42. The first-order valence-electron chi connectivity index (χ1n) is 9.35. The van der Waals surface area contributed by atoms with Gasteiger partial charge in [0.1, 0.15) is 12.3 Å². The molecule has 0 saturated heterocycles. The summed E-state index contributed by atoms with van der Waals surface area (Å²) in [5.74, 6) is 2.57. The predicted molar refractivity (Wildman–Crippen MR) is 123 cm³/mol. The van der Waals surface area contributed by atoms with Crippen molar-refractivity contribution < 1.29 is 14.0 Å². The molecular weight excluding hydrogens is 471 g/mol. The van der Waals surface area contributed by atoms with Crippen LogP contribution in [0.3, 0.4) is 0 Å². The molecule has 0 atom stereocenters. The average Bonchev–Trinajstić information content (AvgIpc) is 3.13. The zero-order valence-electron chi connectivity index (χ0n) is 17.0. The highest BCUT2D eigenvalue weighted by atomic mass is 127. The van der Waals surface area contributed by atoms with Crippen molar-refractivity contribution in [3.8, 4) is 5.75 Å². The fourth-order valence-corrected chi connectivity index (χ4v) is 2.33. The molecule has 2 rings (SSSR count). The van der Waals surface area contributed by atoms with Gasteiger partial charge >= 0.3 is 0 Å². The number of rotatable bonds is 10. The van der Waals surface area contributed by atoms with E-state index in [-0.39, 0.29) is 24.0 Å². The second-order valence-electron chi connectivity index (χ2n) is 6.42. The van der Waals surface area contributed by atoms with E-state index in [1.165, 1.54) is 0 Å². The van der Waals surface area contributed by atoms with Gasteiger partial charge in [0.25, 0.3) is 0 Å². The number of methoxy groups -OCH3 is 1. The van der Waals surface area contributed by atoms with Gasteiger partial charge in [0, 0.05) is 44.5 Å². The van der Waals surface area contributed by atoms with Crippen molar-refractivity contribution in [2.45, 2.75) is 39.7 Å². The number of aromatic nitrogens is 1. The fraction of sp³-hybridized carbons (Fsp3) is 0.500. The minimum Gasteiger partial charge on any atom is -0.493 e. The number of nitrogens with zero attached hydrogens (tertiary/aromatic N) is 2. The smallest absolute Gasteiger partial charge is 0.196 e. The third-order valence-corrected chi connectivity index (χ3v) is 3.76. The Morgan fingerprint density at radius 1 is 1.25 bits per heavy atom. The summed E-state index contributed by atoms with van der Waals surface area (Å²) in [4.78, 5) is 4.57. The van der Waals surface area contributed by atoms with Crippen LogP contribution in [-0.2, 0) is 11.3 Å². The summed E-state index contributed by atoms with van der Waals surface area (Å²) in [5, 5.41) is 10.6. The zero-order chi connectivity index (χ0) is 19.5. The van der Waals surface area contributed by atoms with Gasteiger partial charge < -0.3 is 24.6 Å². The van der Waals surface area contributed by atoms with Gasteiger partial charge in [-0.1, -0.05) is 25.1 Å². The Kier molecular flexibility index (Phi) is 11.6. The van der Waals surface area contributed by atoms with E-state index in [0.717, 1.165) is 35.9 Å². The molecule has 2 N–H and O–H groups in total. The van der Waals surface area contributed by atoms with E-state index in [0.29, 0.717) is 31.6 Å². The highest BCUT2D eigenvalue weighted by Gasteiger charge is 2.08. The Labute approximate surface area is 184 Å². The van der Waals surface area contributed by atoms with Crippen LogP contribution in [0, 0.1) is 0 Å². The van der Waals surface area contributed by atoms with Gasteiger partial charge in [-0.2, -0.15) is 0 Å². The predicted octanol–water partition coefficient (Wildman–Crippen LogP) is 4.41. The topological polar surface area (TPSA) is 80.9 Å². The van der Waals surface area contributed by atoms with Crippen LogP contribution < -0.4 is 15.4 Å². The lowest BCUT2D eigenvalue weighted by atomic mass is 10.1. The molecule has 0 radical (unpaired) electrons. The third kappa shape index (κ3) is 8.47. The van der Waals surface area contributed by atoms with E-state index < -0.39 is 0 Å². The van der Waals surface area contributed by atoms with Crippen molar-refractivity contribution in [2.24, 2.45) is 4.99 Å². The van der Waals surface area contributed by atoms with E-state index >= 15 is 0 Å². The highest BCUT2D eigenvalue weighted by molar-refractivity contribution is 14.0. The van der Waals surface area contributed by atoms with Gasteiger partial charge in [0.2, 0.25) is 0 Å². The van der Waals surface area contributed by atoms with Crippen molar-refractivity contribution >= 4 is 35.6 Å². The van der Waals surface area contributed by atoms with Crippen LogP contribution in [-0.4, -0.2) is 38.0 Å². The largest absolute Gasteiger partial charge is 0.493 e. The second kappa shape index (κ2) is 13.4. The summed E-state index contributed by atoms with van der Waals surface area (Å²) in [5.41, 5.74) is 1.84. The van der Waals surface area contributed by atoms with Crippen LogP contribution in [0.4, 0.5) is 5.69 Å². The summed E-state index contributed by atoms with van der Waals surface area (Å²) in [7, 11) is 1.69. The minimum atomic E-state index is 0. The molecule has 0 aliphatic rings. The molecule has 1 heterocycles. The van der Waals surface area contributed by atoms with Crippen molar-refractivity contribution in [3.63, 3.8) is 0 Å². The molecule has 7 nitrogen and oxygen atoms in total. The Morgan fingerprint density at radius 2 is 2.07 bits per heavy atom. The van der Waals surface area contributed by atoms with Crippen molar-refractivity contribution in [2.75, 3.05) is 32.2 Å². The molecule has 0 fully saturated rings. The van der Waals surface area contributed by atoms with Crippen LogP contribution in [0.1, 0.15) is 44.6 Å². The van der Waals surface area contributed by atoms with Gasteiger partial charge in [-0.15, -0.1) is 24.0 Å². The number of hydrogen-bond acceptors (Lipinski definition) is 5. The normalized spacial score (nSPS) is 11.2. The van der Waals surface area contributed by atoms with E-state index in [9.17, 15) is 0 Å². The average molecular weight is 502 g/mol. The van der Waals surface area contributed by atoms with Crippen LogP contribution in [0.15, 0.2) is 39.8 Å². The lowest BCUT2D eigenvalue weighted by molar-refractivity contribution is 0.172. The Balaban J connectivity index is 0.00000392. The van der Waals surface area contributed by atoms with Gasteiger partial charge in [0.05, 0.1) is 12.3 Å². The Morgan fingerprint density at radius 3 is 2.75 bits per heavy atom. The first-order chi connectivity index (χ1) is 13.1. The highest BCUT2D eigenvalue weighted by Crippen LogP contribution is 2.18. The minimum absolute atomic E-state index is 0. The van der Waals surface area contributed by atoms with Gasteiger partial charge in [-0.05, 0) is 25.0 Å². The fourth-order valence-electron chi connectivity index (χ4n) is 2.33. The Bertz CT molecular complexity index is 719. The molecule has 0 aliphatic heterocycles. The number of ether oxygens (including phenoxy) is 2. The van der Waals surface area contributed by atoms with Crippen LogP contribution >= 0.6 is 24.0 Å². The van der Waals surface area contributed by atoms with E-state index in [2.05, 4.69) is 34.6 Å². The van der Waals surface area contributed by atoms with Gasteiger partial charge in [-0.25, -0.2) is 4.99 Å². The SMILES string of the molecule is CCNC(=NCc1cc(C(C)C)no1)Nc1cccc(OCCCOC)c1.I. The van der Waals surface area contributed by atoms with Crippen molar-refractivity contribution in [1.29, 1.82) is 0 Å². The molecule has 28 heavy (non-hydrogen) atoms. The van der Waals surface area contributed by atoms with Crippen LogP contribution in [0.5, 0.6) is 5.75 Å². The molecular formula is C20H31IN4O3. The standard InChI is InChI=1S/C20H30N4O3.HI/c1-5-21-20(22-14-18-13-19(15(2)3)24-27-18)23-16-8-6-9-17(12-16)26-11-7-10-25-4;/h6,8-9,12-13,15H,5,7,10-11,14H2,1-4H3,(H2,21,22,23);1H. The number of aliphatic imine (C=N–C) groups is 1. The van der Waals surface area contributed by atoms with Crippen LogP contribution in [0.2, 0.25) is 0 Å². The molecule has 0 amide bonds. The maximum atomic E-state index is 5.74. The van der Waals surface area contributed by atoms with Crippen molar-refractivity contribution in [3.05, 3.63) is 41.8 Å². The lowest BCUT2D eigenvalue weighted by Crippen LogP contribution is -2.30. The number of hydrogen-bond donors (Lipinski definition) is 2. The van der Waals surface area contributed by atoms with E-state index in [1.54, 1.807) is 7.11 Å². The Hall–Kier alpha value is -1.81. The molecule has 0 spiro atoms. The number of nitrogens with one attached hydrogen (secondary N) is 2. The quantitative estimate of drug-likeness (QED) is 0.217. The van der Waals surface area contributed by atoms with Crippen LogP contribution in [0.25, 0.3) is 0 Å². The summed E-state index contributed by atoms with van der Waals surface area (Å²) in [6.07, 6.45) is 0.855. The van der Waals surface area contributed by atoms with E-state index in [4.69, 9.17) is 14.0 Å². The molecule has 0 aliphatic carbocycles. The molecule has 0 bridgehead atoms. The molecule has 0 saturated carbocycles.